The van der Waals surface area contributed by atoms with Gasteiger partial charge in [-0.05, 0) is 36.5 Å². The molecule has 1 aliphatic carbocycles. The lowest BCUT2D eigenvalue weighted by Gasteiger charge is -2.24. The fourth-order valence-electron chi connectivity index (χ4n) is 4.27. The molecule has 1 saturated carbocycles. The molecule has 5 heteroatoms. The maximum atomic E-state index is 13.0. The predicted octanol–water partition coefficient (Wildman–Crippen LogP) is 3.79. The molecule has 2 amide bonds. The molecule has 0 aromatic heterocycles. The molecule has 1 aliphatic heterocycles. The summed E-state index contributed by atoms with van der Waals surface area (Å²) in [6.07, 6.45) is 9.30. The van der Waals surface area contributed by atoms with Gasteiger partial charge in [0.2, 0.25) is 11.8 Å². The van der Waals surface area contributed by atoms with Gasteiger partial charge in [-0.1, -0.05) is 44.2 Å². The minimum absolute atomic E-state index is 0.0538. The zero-order chi connectivity index (χ0) is 19.1. The van der Waals surface area contributed by atoms with E-state index in [1.54, 1.807) is 12.1 Å². The summed E-state index contributed by atoms with van der Waals surface area (Å²) in [6, 6.07) is 6.09. The fourth-order valence-corrected chi connectivity index (χ4v) is 4.27. The van der Waals surface area contributed by atoms with E-state index in [-0.39, 0.29) is 24.1 Å². The highest BCUT2D eigenvalue weighted by atomic mass is 19.1. The Hall–Kier alpha value is -1.91. The highest BCUT2D eigenvalue weighted by Gasteiger charge is 2.23. The second-order valence-electron chi connectivity index (χ2n) is 7.96. The Balaban J connectivity index is 1.44. The smallest absolute Gasteiger partial charge is 0.227 e. The quantitative estimate of drug-likeness (QED) is 0.787. The number of nitrogens with zero attached hydrogens (tertiary/aromatic N) is 2. The molecule has 148 valence electrons. The third-order valence-electron chi connectivity index (χ3n) is 5.96. The molecule has 0 atom stereocenters. The molecule has 0 unspecified atom stereocenters. The lowest BCUT2D eigenvalue weighted by atomic mass is 9.86. The highest BCUT2D eigenvalue weighted by molar-refractivity contribution is 5.79. The van der Waals surface area contributed by atoms with Crippen LogP contribution >= 0.6 is 0 Å². The topological polar surface area (TPSA) is 40.6 Å². The monoisotopic (exact) mass is 374 g/mol. The van der Waals surface area contributed by atoms with Gasteiger partial charge in [0.05, 0.1) is 6.42 Å². The minimum Gasteiger partial charge on any atom is -0.341 e. The lowest BCUT2D eigenvalue weighted by Crippen LogP contribution is -2.38. The van der Waals surface area contributed by atoms with Crippen LogP contribution in [-0.2, 0) is 16.0 Å². The highest BCUT2D eigenvalue weighted by Crippen LogP contribution is 2.27. The molecular formula is C22H31FN2O2. The van der Waals surface area contributed by atoms with E-state index >= 15 is 0 Å². The SMILES string of the molecule is O=C(CCC1CCCCC1)N1CCCN(C(=O)Cc2ccc(F)cc2)CC1. The molecule has 2 fully saturated rings. The van der Waals surface area contributed by atoms with Crippen LogP contribution in [0.3, 0.4) is 0 Å². The van der Waals surface area contributed by atoms with Crippen LogP contribution in [-0.4, -0.2) is 47.8 Å². The van der Waals surface area contributed by atoms with Crippen LogP contribution in [0.4, 0.5) is 4.39 Å². The Kier molecular flexibility index (Phi) is 7.25. The molecule has 1 heterocycles. The van der Waals surface area contributed by atoms with Gasteiger partial charge < -0.3 is 9.80 Å². The van der Waals surface area contributed by atoms with Crippen molar-refractivity contribution in [3.63, 3.8) is 0 Å². The number of hydrogen-bond donors (Lipinski definition) is 0. The lowest BCUT2D eigenvalue weighted by molar-refractivity contribution is -0.133. The van der Waals surface area contributed by atoms with Gasteiger partial charge in [0, 0.05) is 32.6 Å². The summed E-state index contributed by atoms with van der Waals surface area (Å²) < 4.78 is 13.0. The van der Waals surface area contributed by atoms with Crippen LogP contribution in [0.5, 0.6) is 0 Å². The van der Waals surface area contributed by atoms with Crippen molar-refractivity contribution in [3.8, 4) is 0 Å². The van der Waals surface area contributed by atoms with Crippen molar-refractivity contribution >= 4 is 11.8 Å². The number of benzene rings is 1. The molecule has 3 rings (SSSR count). The first-order chi connectivity index (χ1) is 13.1. The Morgan fingerprint density at radius 1 is 0.852 bits per heavy atom. The van der Waals surface area contributed by atoms with Gasteiger partial charge in [0.25, 0.3) is 0 Å². The zero-order valence-corrected chi connectivity index (χ0v) is 16.2. The summed E-state index contributed by atoms with van der Waals surface area (Å²) in [4.78, 5) is 28.9. The van der Waals surface area contributed by atoms with Crippen LogP contribution in [0.15, 0.2) is 24.3 Å². The molecule has 0 N–H and O–H groups in total. The van der Waals surface area contributed by atoms with Crippen molar-refractivity contribution in [1.82, 2.24) is 9.80 Å². The van der Waals surface area contributed by atoms with E-state index in [0.29, 0.717) is 26.1 Å². The number of rotatable bonds is 5. The normalized spacial score (nSPS) is 19.0. The van der Waals surface area contributed by atoms with E-state index in [9.17, 15) is 14.0 Å². The van der Waals surface area contributed by atoms with Crippen molar-refractivity contribution in [2.75, 3.05) is 26.2 Å². The summed E-state index contributed by atoms with van der Waals surface area (Å²) in [5.74, 6) is 0.735. The van der Waals surface area contributed by atoms with Gasteiger partial charge in [-0.2, -0.15) is 0 Å². The zero-order valence-electron chi connectivity index (χ0n) is 16.2. The molecular weight excluding hydrogens is 343 g/mol. The summed E-state index contributed by atoms with van der Waals surface area (Å²) in [5, 5.41) is 0. The summed E-state index contributed by atoms with van der Waals surface area (Å²) >= 11 is 0. The standard InChI is InChI=1S/C22H31FN2O2/c23-20-10-7-19(8-11-20)17-22(27)25-14-4-13-24(15-16-25)21(26)12-9-18-5-2-1-3-6-18/h7-8,10-11,18H,1-6,9,12-17H2. The van der Waals surface area contributed by atoms with Crippen molar-refractivity contribution in [3.05, 3.63) is 35.6 Å². The first kappa shape index (κ1) is 19.8. The van der Waals surface area contributed by atoms with E-state index in [1.165, 1.54) is 44.2 Å². The van der Waals surface area contributed by atoms with Gasteiger partial charge in [0.1, 0.15) is 5.82 Å². The van der Waals surface area contributed by atoms with Gasteiger partial charge in [-0.15, -0.1) is 0 Å². The fraction of sp³-hybridized carbons (Fsp3) is 0.636. The molecule has 4 nitrogen and oxygen atoms in total. The number of carbonyl (C=O) groups is 2. The Morgan fingerprint density at radius 3 is 2.15 bits per heavy atom. The Labute approximate surface area is 161 Å². The van der Waals surface area contributed by atoms with Crippen molar-refractivity contribution in [2.24, 2.45) is 5.92 Å². The molecule has 27 heavy (non-hydrogen) atoms. The maximum Gasteiger partial charge on any atom is 0.227 e. The van der Waals surface area contributed by atoms with E-state index in [4.69, 9.17) is 0 Å². The molecule has 1 saturated heterocycles. The third-order valence-corrected chi connectivity index (χ3v) is 5.96. The van der Waals surface area contributed by atoms with Crippen LogP contribution < -0.4 is 0 Å². The second kappa shape index (κ2) is 9.86. The molecule has 1 aromatic rings. The molecule has 0 radical (unpaired) electrons. The third kappa shape index (κ3) is 6.05. The average Bonchev–Trinajstić information content (AvgIpc) is 2.95. The van der Waals surface area contributed by atoms with Crippen LogP contribution in [0.25, 0.3) is 0 Å². The van der Waals surface area contributed by atoms with Gasteiger partial charge in [0.15, 0.2) is 0 Å². The van der Waals surface area contributed by atoms with E-state index in [0.717, 1.165) is 30.9 Å². The van der Waals surface area contributed by atoms with E-state index < -0.39 is 0 Å². The second-order valence-corrected chi connectivity index (χ2v) is 7.96. The van der Waals surface area contributed by atoms with E-state index in [2.05, 4.69) is 0 Å². The first-order valence-electron chi connectivity index (χ1n) is 10.4. The van der Waals surface area contributed by atoms with Crippen molar-refractivity contribution in [2.45, 2.75) is 57.8 Å². The first-order valence-corrected chi connectivity index (χ1v) is 10.4. The minimum atomic E-state index is -0.289. The number of amides is 2. The average molecular weight is 375 g/mol. The van der Waals surface area contributed by atoms with Crippen LogP contribution in [0.2, 0.25) is 0 Å². The van der Waals surface area contributed by atoms with Gasteiger partial charge in [-0.3, -0.25) is 9.59 Å². The van der Waals surface area contributed by atoms with Gasteiger partial charge in [-0.25, -0.2) is 4.39 Å². The number of hydrogen-bond acceptors (Lipinski definition) is 2. The molecule has 0 spiro atoms. The van der Waals surface area contributed by atoms with Gasteiger partial charge >= 0.3 is 0 Å². The molecule has 1 aromatic carbocycles. The summed E-state index contributed by atoms with van der Waals surface area (Å²) in [7, 11) is 0. The summed E-state index contributed by atoms with van der Waals surface area (Å²) in [5.41, 5.74) is 0.825. The number of halogens is 1. The molecule has 2 aliphatic rings. The van der Waals surface area contributed by atoms with Crippen LogP contribution in [0, 0.1) is 11.7 Å². The number of carbonyl (C=O) groups excluding carboxylic acids is 2. The predicted molar refractivity (Wildman–Crippen MR) is 104 cm³/mol. The maximum absolute atomic E-state index is 13.0. The largest absolute Gasteiger partial charge is 0.341 e. The van der Waals surface area contributed by atoms with Crippen molar-refractivity contribution < 1.29 is 14.0 Å². The Morgan fingerprint density at radius 2 is 1.48 bits per heavy atom. The Bertz CT molecular complexity index is 626. The van der Waals surface area contributed by atoms with Crippen LogP contribution in [0.1, 0.15) is 56.9 Å². The molecule has 0 bridgehead atoms. The van der Waals surface area contributed by atoms with E-state index in [1.807, 2.05) is 9.80 Å². The van der Waals surface area contributed by atoms with Crippen molar-refractivity contribution in [1.29, 1.82) is 0 Å². The summed E-state index contributed by atoms with van der Waals surface area (Å²) in [6.45, 7) is 2.64.